The van der Waals surface area contributed by atoms with Crippen LogP contribution in [-0.4, -0.2) is 16.5 Å². The zero-order chi connectivity index (χ0) is 11.6. The fourth-order valence-corrected chi connectivity index (χ4v) is 3.27. The van der Waals surface area contributed by atoms with Gasteiger partial charge in [-0.3, -0.25) is 0 Å². The molecule has 7 heteroatoms. The van der Waals surface area contributed by atoms with Crippen LogP contribution in [0.15, 0.2) is 26.0 Å². The van der Waals surface area contributed by atoms with Crippen LogP contribution in [-0.2, 0) is 11.2 Å². The smallest absolute Gasteiger partial charge is 0.433 e. The van der Waals surface area contributed by atoms with E-state index in [2.05, 4.69) is 37.9 Å². The van der Waals surface area contributed by atoms with E-state index in [0.717, 1.165) is 0 Å². The lowest BCUT2D eigenvalue weighted by molar-refractivity contribution is -0.106. The fraction of sp³-hybridized carbons (Fsp3) is 0.250. The predicted octanol–water partition coefficient (Wildman–Crippen LogP) is 3.68. The molecular formula is C8H4Br2F3OS. The van der Waals surface area contributed by atoms with Gasteiger partial charge < -0.3 is 4.55 Å². The molecule has 83 valence electrons. The topological polar surface area (TPSA) is 23.1 Å². The second-order valence-corrected chi connectivity index (χ2v) is 5.81. The molecular weight excluding hydrogens is 361 g/mol. The van der Waals surface area contributed by atoms with Gasteiger partial charge in [-0.1, -0.05) is 15.9 Å². The first-order valence-corrected chi connectivity index (χ1v) is 6.52. The maximum Gasteiger partial charge on any atom is 0.433 e. The largest absolute Gasteiger partial charge is 0.611 e. The number of halogens is 5. The van der Waals surface area contributed by atoms with Gasteiger partial charge >= 0.3 is 6.18 Å². The molecule has 1 radical (unpaired) electrons. The van der Waals surface area contributed by atoms with Crippen LogP contribution in [0.25, 0.3) is 0 Å². The summed E-state index contributed by atoms with van der Waals surface area (Å²) in [4.78, 5) is 0.0218. The molecule has 1 nitrogen and oxygen atoms in total. The summed E-state index contributed by atoms with van der Waals surface area (Å²) in [5.41, 5.74) is 0. The molecule has 0 amide bonds. The molecule has 0 fully saturated rings. The van der Waals surface area contributed by atoms with Crippen molar-refractivity contribution in [1.29, 1.82) is 0 Å². The normalized spacial score (nSPS) is 14.0. The summed E-state index contributed by atoms with van der Waals surface area (Å²) >= 11 is 4.04. The molecule has 1 atom stereocenters. The number of hydrogen-bond donors (Lipinski definition) is 0. The second kappa shape index (κ2) is 5.07. The van der Waals surface area contributed by atoms with Crippen molar-refractivity contribution < 1.29 is 17.7 Å². The first-order chi connectivity index (χ1) is 6.78. The lowest BCUT2D eigenvalue weighted by Gasteiger charge is -2.12. The van der Waals surface area contributed by atoms with Crippen molar-refractivity contribution >= 4 is 43.0 Å². The van der Waals surface area contributed by atoms with Crippen LogP contribution in [0.4, 0.5) is 13.2 Å². The quantitative estimate of drug-likeness (QED) is 0.734. The average Bonchev–Trinajstić information content (AvgIpc) is 1.98. The first kappa shape index (κ1) is 13.3. The average molecular weight is 365 g/mol. The Morgan fingerprint density at radius 2 is 1.93 bits per heavy atom. The third-order valence-electron chi connectivity index (χ3n) is 1.32. The summed E-state index contributed by atoms with van der Waals surface area (Å²) in [6.07, 6.45) is -4.44. The molecule has 0 heterocycles. The number of rotatable bonds is 2. The van der Waals surface area contributed by atoms with Crippen LogP contribution in [0, 0.1) is 6.07 Å². The third kappa shape index (κ3) is 4.76. The molecule has 0 saturated heterocycles. The van der Waals surface area contributed by atoms with Crippen molar-refractivity contribution in [3.05, 3.63) is 27.1 Å². The number of alkyl halides is 3. The highest BCUT2D eigenvalue weighted by Gasteiger charge is 2.35. The van der Waals surface area contributed by atoms with Gasteiger partial charge in [0.25, 0.3) is 0 Å². The summed E-state index contributed by atoms with van der Waals surface area (Å²) in [7, 11) is 0. The summed E-state index contributed by atoms with van der Waals surface area (Å²) in [6, 6.07) is 5.52. The summed E-state index contributed by atoms with van der Waals surface area (Å²) in [5, 5.41) is 0. The van der Waals surface area contributed by atoms with Crippen molar-refractivity contribution in [1.82, 2.24) is 0 Å². The highest BCUT2D eigenvalue weighted by Crippen LogP contribution is 2.26. The monoisotopic (exact) mass is 363 g/mol. The van der Waals surface area contributed by atoms with Gasteiger partial charge in [0, 0.05) is 15.0 Å². The molecule has 0 aliphatic carbocycles. The van der Waals surface area contributed by atoms with Crippen LogP contribution in [0.3, 0.4) is 0 Å². The molecule has 1 rings (SSSR count). The maximum absolute atomic E-state index is 12.0. The van der Waals surface area contributed by atoms with Crippen molar-refractivity contribution in [3.63, 3.8) is 0 Å². The van der Waals surface area contributed by atoms with E-state index >= 15 is 0 Å². The van der Waals surface area contributed by atoms with Gasteiger partial charge in [0.1, 0.15) is 0 Å². The highest BCUT2D eigenvalue weighted by atomic mass is 79.9. The maximum atomic E-state index is 12.0. The van der Waals surface area contributed by atoms with E-state index in [0.29, 0.717) is 8.95 Å². The summed E-state index contributed by atoms with van der Waals surface area (Å²) < 4.78 is 48.2. The van der Waals surface area contributed by atoms with E-state index in [1.54, 1.807) is 6.07 Å². The van der Waals surface area contributed by atoms with E-state index in [1.165, 1.54) is 6.07 Å². The zero-order valence-electron chi connectivity index (χ0n) is 7.07. The molecule has 0 aromatic heterocycles. The Bertz CT molecular complexity index is 336. The van der Waals surface area contributed by atoms with E-state index < -0.39 is 23.1 Å². The van der Waals surface area contributed by atoms with Crippen molar-refractivity contribution in [2.75, 3.05) is 5.75 Å². The molecule has 1 aromatic carbocycles. The van der Waals surface area contributed by atoms with Crippen LogP contribution < -0.4 is 0 Å². The van der Waals surface area contributed by atoms with E-state index in [4.69, 9.17) is 0 Å². The Kier molecular flexibility index (Phi) is 4.51. The third-order valence-corrected chi connectivity index (χ3v) is 3.50. The number of benzene rings is 1. The van der Waals surface area contributed by atoms with Crippen LogP contribution in [0.5, 0.6) is 0 Å². The Labute approximate surface area is 104 Å². The van der Waals surface area contributed by atoms with E-state index in [9.17, 15) is 17.7 Å². The molecule has 15 heavy (non-hydrogen) atoms. The van der Waals surface area contributed by atoms with Crippen LogP contribution >= 0.6 is 31.9 Å². The van der Waals surface area contributed by atoms with Crippen molar-refractivity contribution in [2.24, 2.45) is 0 Å². The molecule has 1 unspecified atom stereocenters. The van der Waals surface area contributed by atoms with Crippen LogP contribution in [0.2, 0.25) is 0 Å². The first-order valence-electron chi connectivity index (χ1n) is 3.61. The van der Waals surface area contributed by atoms with Gasteiger partial charge in [0.2, 0.25) is 5.75 Å². The summed E-state index contributed by atoms with van der Waals surface area (Å²) in [6.45, 7) is 0. The van der Waals surface area contributed by atoms with Crippen LogP contribution in [0.1, 0.15) is 0 Å². The lowest BCUT2D eigenvalue weighted by atomic mass is 10.4. The lowest BCUT2D eigenvalue weighted by Crippen LogP contribution is -2.23. The van der Waals surface area contributed by atoms with Gasteiger partial charge in [-0.05, 0) is 33.2 Å². The Morgan fingerprint density at radius 1 is 1.33 bits per heavy atom. The fourth-order valence-electron chi connectivity index (χ4n) is 0.827. The molecule has 1 aromatic rings. The molecule has 0 aliphatic heterocycles. The van der Waals surface area contributed by atoms with Gasteiger partial charge in [0.15, 0.2) is 4.90 Å². The van der Waals surface area contributed by atoms with Gasteiger partial charge in [0.05, 0.1) is 6.07 Å². The molecule has 0 saturated carbocycles. The second-order valence-electron chi connectivity index (χ2n) is 2.62. The van der Waals surface area contributed by atoms with Gasteiger partial charge in [-0.25, -0.2) is 0 Å². The minimum Gasteiger partial charge on any atom is -0.611 e. The van der Waals surface area contributed by atoms with Crippen molar-refractivity contribution in [3.8, 4) is 0 Å². The minimum absolute atomic E-state index is 0.0218. The Balaban J connectivity index is 2.86. The van der Waals surface area contributed by atoms with Gasteiger partial charge in [-0.15, -0.1) is 0 Å². The Hall–Kier alpha value is 0.280. The Morgan fingerprint density at radius 3 is 2.40 bits per heavy atom. The summed E-state index contributed by atoms with van der Waals surface area (Å²) in [5.74, 6) is -1.35. The minimum atomic E-state index is -4.44. The number of hydrogen-bond acceptors (Lipinski definition) is 1. The van der Waals surface area contributed by atoms with E-state index in [1.807, 2.05) is 0 Å². The predicted molar refractivity (Wildman–Crippen MR) is 58.0 cm³/mol. The SMILES string of the molecule is [O-][S+](CC(F)(F)F)c1[c]c(Br)cc(Br)c1. The van der Waals surface area contributed by atoms with E-state index in [-0.39, 0.29) is 4.90 Å². The molecule has 0 bridgehead atoms. The van der Waals surface area contributed by atoms with Crippen molar-refractivity contribution in [2.45, 2.75) is 11.1 Å². The standard InChI is InChI=1S/C8H4Br2F3OS/c9-5-1-6(10)3-7(2-5)15(14)4-8(11,12)13/h1-2H,4H2. The zero-order valence-corrected chi connectivity index (χ0v) is 11.1. The molecule has 0 aliphatic rings. The van der Waals surface area contributed by atoms with Gasteiger partial charge in [-0.2, -0.15) is 13.2 Å². The molecule has 0 N–H and O–H groups in total. The molecule has 0 spiro atoms. The highest BCUT2D eigenvalue weighted by molar-refractivity contribution is 9.11.